The standard InChI is InChI=1S/C22H24N2O/c1-5-24(6-2)22(25)19-14-21(17-12-11-15(3)13-16(17)4)23-20-10-8-7-9-18(19)20/h7-14H,5-6H2,1-4H3. The number of fused-ring (bicyclic) bond motifs is 1. The molecule has 0 saturated heterocycles. The summed E-state index contributed by atoms with van der Waals surface area (Å²) >= 11 is 0. The van der Waals surface area contributed by atoms with Crippen molar-refractivity contribution in [2.45, 2.75) is 27.7 Å². The fourth-order valence-electron chi connectivity index (χ4n) is 3.27. The minimum absolute atomic E-state index is 0.0645. The molecule has 0 unspecified atom stereocenters. The van der Waals surface area contributed by atoms with Crippen LogP contribution in [0.1, 0.15) is 35.3 Å². The van der Waals surface area contributed by atoms with Gasteiger partial charge in [0.15, 0.2) is 0 Å². The summed E-state index contributed by atoms with van der Waals surface area (Å²) in [6.45, 7) is 9.59. The zero-order chi connectivity index (χ0) is 18.0. The summed E-state index contributed by atoms with van der Waals surface area (Å²) in [7, 11) is 0. The van der Waals surface area contributed by atoms with E-state index >= 15 is 0 Å². The van der Waals surface area contributed by atoms with Crippen LogP contribution in [0.25, 0.3) is 22.2 Å². The second-order valence-corrected chi connectivity index (χ2v) is 6.37. The molecule has 25 heavy (non-hydrogen) atoms. The molecule has 1 heterocycles. The maximum Gasteiger partial charge on any atom is 0.254 e. The van der Waals surface area contributed by atoms with E-state index in [0.717, 1.165) is 27.7 Å². The number of aromatic nitrogens is 1. The zero-order valence-corrected chi connectivity index (χ0v) is 15.3. The maximum absolute atomic E-state index is 13.0. The normalized spacial score (nSPS) is 10.9. The van der Waals surface area contributed by atoms with Gasteiger partial charge in [0.05, 0.1) is 16.8 Å². The summed E-state index contributed by atoms with van der Waals surface area (Å²) in [5.74, 6) is 0.0645. The highest BCUT2D eigenvalue weighted by Crippen LogP contribution is 2.28. The molecule has 1 aromatic heterocycles. The van der Waals surface area contributed by atoms with Crippen LogP contribution in [0.2, 0.25) is 0 Å². The fourth-order valence-corrected chi connectivity index (χ4v) is 3.27. The number of amides is 1. The summed E-state index contributed by atoms with van der Waals surface area (Å²) in [6.07, 6.45) is 0. The third-order valence-corrected chi connectivity index (χ3v) is 4.66. The van der Waals surface area contributed by atoms with E-state index in [1.54, 1.807) is 0 Å². The van der Waals surface area contributed by atoms with E-state index in [0.29, 0.717) is 13.1 Å². The third kappa shape index (κ3) is 3.27. The number of para-hydroxylation sites is 1. The smallest absolute Gasteiger partial charge is 0.254 e. The van der Waals surface area contributed by atoms with Crippen LogP contribution in [0.5, 0.6) is 0 Å². The first-order valence-electron chi connectivity index (χ1n) is 8.81. The van der Waals surface area contributed by atoms with Crippen molar-refractivity contribution in [3.63, 3.8) is 0 Å². The lowest BCUT2D eigenvalue weighted by Gasteiger charge is -2.20. The van der Waals surface area contributed by atoms with Crippen LogP contribution in [0.15, 0.2) is 48.5 Å². The molecule has 0 aliphatic carbocycles. The lowest BCUT2D eigenvalue weighted by Crippen LogP contribution is -2.30. The van der Waals surface area contributed by atoms with Crippen molar-refractivity contribution in [1.82, 2.24) is 9.88 Å². The molecule has 0 bridgehead atoms. The first-order chi connectivity index (χ1) is 12.0. The second kappa shape index (κ2) is 7.06. The van der Waals surface area contributed by atoms with Crippen molar-refractivity contribution in [3.8, 4) is 11.3 Å². The molecule has 128 valence electrons. The summed E-state index contributed by atoms with van der Waals surface area (Å²) in [6, 6.07) is 16.1. The molecule has 0 radical (unpaired) electrons. The number of benzene rings is 2. The van der Waals surface area contributed by atoms with Gasteiger partial charge in [0.2, 0.25) is 0 Å². The Labute approximate surface area is 149 Å². The molecule has 3 aromatic rings. The quantitative estimate of drug-likeness (QED) is 0.673. The van der Waals surface area contributed by atoms with E-state index in [2.05, 4.69) is 32.0 Å². The van der Waals surface area contributed by atoms with Crippen LogP contribution in [0, 0.1) is 13.8 Å². The summed E-state index contributed by atoms with van der Waals surface area (Å²) in [5.41, 5.74) is 5.90. The van der Waals surface area contributed by atoms with E-state index in [4.69, 9.17) is 4.98 Å². The number of hydrogen-bond acceptors (Lipinski definition) is 2. The van der Waals surface area contributed by atoms with Crippen LogP contribution < -0.4 is 0 Å². The molecule has 2 aromatic carbocycles. The largest absolute Gasteiger partial charge is 0.339 e. The monoisotopic (exact) mass is 332 g/mol. The highest BCUT2D eigenvalue weighted by atomic mass is 16.2. The Hall–Kier alpha value is -2.68. The predicted octanol–water partition coefficient (Wildman–Crippen LogP) is 5.00. The first kappa shape index (κ1) is 17.2. The molecule has 0 spiro atoms. The van der Waals surface area contributed by atoms with E-state index in [1.807, 2.05) is 49.1 Å². The predicted molar refractivity (Wildman–Crippen MR) is 104 cm³/mol. The summed E-state index contributed by atoms with van der Waals surface area (Å²) in [4.78, 5) is 19.7. The molecule has 0 fully saturated rings. The van der Waals surface area contributed by atoms with Gasteiger partial charge in [-0.3, -0.25) is 4.79 Å². The third-order valence-electron chi connectivity index (χ3n) is 4.66. The zero-order valence-electron chi connectivity index (χ0n) is 15.3. The Bertz CT molecular complexity index is 926. The van der Waals surface area contributed by atoms with Gasteiger partial charge in [0.1, 0.15) is 0 Å². The number of hydrogen-bond donors (Lipinski definition) is 0. The summed E-state index contributed by atoms with van der Waals surface area (Å²) in [5, 5.41) is 0.910. The van der Waals surface area contributed by atoms with Gasteiger partial charge in [-0.25, -0.2) is 4.98 Å². The molecular formula is C22H24N2O. The highest BCUT2D eigenvalue weighted by molar-refractivity contribution is 6.07. The lowest BCUT2D eigenvalue weighted by atomic mass is 9.99. The average Bonchev–Trinajstić information content (AvgIpc) is 2.61. The minimum Gasteiger partial charge on any atom is -0.339 e. The number of carbonyl (C=O) groups excluding carboxylic acids is 1. The van der Waals surface area contributed by atoms with Crippen molar-refractivity contribution in [2.24, 2.45) is 0 Å². The molecule has 0 N–H and O–H groups in total. The Morgan fingerprint density at radius 3 is 2.40 bits per heavy atom. The van der Waals surface area contributed by atoms with Gasteiger partial charge in [-0.1, -0.05) is 42.0 Å². The van der Waals surface area contributed by atoms with Crippen molar-refractivity contribution in [1.29, 1.82) is 0 Å². The van der Waals surface area contributed by atoms with Gasteiger partial charge in [-0.15, -0.1) is 0 Å². The Kier molecular flexibility index (Phi) is 4.84. The molecule has 0 saturated carbocycles. The van der Waals surface area contributed by atoms with Gasteiger partial charge >= 0.3 is 0 Å². The van der Waals surface area contributed by atoms with Gasteiger partial charge < -0.3 is 4.90 Å². The van der Waals surface area contributed by atoms with E-state index in [9.17, 15) is 4.79 Å². The molecule has 3 nitrogen and oxygen atoms in total. The Balaban J connectivity index is 2.24. The maximum atomic E-state index is 13.0. The molecule has 0 aliphatic heterocycles. The van der Waals surface area contributed by atoms with Gasteiger partial charge in [-0.2, -0.15) is 0 Å². The molecule has 0 aliphatic rings. The second-order valence-electron chi connectivity index (χ2n) is 6.37. The van der Waals surface area contributed by atoms with E-state index in [1.165, 1.54) is 11.1 Å². The molecule has 0 atom stereocenters. The van der Waals surface area contributed by atoms with Crippen molar-refractivity contribution >= 4 is 16.8 Å². The highest BCUT2D eigenvalue weighted by Gasteiger charge is 2.18. The first-order valence-corrected chi connectivity index (χ1v) is 8.81. The van der Waals surface area contributed by atoms with Gasteiger partial charge in [0.25, 0.3) is 5.91 Å². The average molecular weight is 332 g/mol. The lowest BCUT2D eigenvalue weighted by molar-refractivity contribution is 0.0775. The molecular weight excluding hydrogens is 308 g/mol. The number of nitrogens with zero attached hydrogens (tertiary/aromatic N) is 2. The topological polar surface area (TPSA) is 33.2 Å². The van der Waals surface area contributed by atoms with Crippen molar-refractivity contribution in [3.05, 3.63) is 65.2 Å². The number of aryl methyl sites for hydroxylation is 2. The molecule has 1 amide bonds. The van der Waals surface area contributed by atoms with Crippen LogP contribution in [0.4, 0.5) is 0 Å². The summed E-state index contributed by atoms with van der Waals surface area (Å²) < 4.78 is 0. The van der Waals surface area contributed by atoms with Crippen molar-refractivity contribution < 1.29 is 4.79 Å². The van der Waals surface area contributed by atoms with Crippen molar-refractivity contribution in [2.75, 3.05) is 13.1 Å². The van der Waals surface area contributed by atoms with Gasteiger partial charge in [0, 0.05) is 24.0 Å². The fraction of sp³-hybridized carbons (Fsp3) is 0.273. The number of carbonyl (C=O) groups is 1. The minimum atomic E-state index is 0.0645. The SMILES string of the molecule is CCN(CC)C(=O)c1cc(-c2ccc(C)cc2C)nc2ccccc12. The number of pyridine rings is 1. The molecule has 3 heteroatoms. The Morgan fingerprint density at radius 2 is 1.72 bits per heavy atom. The van der Waals surface area contributed by atoms with Crippen LogP contribution in [0.3, 0.4) is 0 Å². The van der Waals surface area contributed by atoms with Gasteiger partial charge in [-0.05, 0) is 45.4 Å². The number of rotatable bonds is 4. The van der Waals surface area contributed by atoms with Crippen LogP contribution in [-0.2, 0) is 0 Å². The molecule has 3 rings (SSSR count). The van der Waals surface area contributed by atoms with E-state index in [-0.39, 0.29) is 5.91 Å². The van der Waals surface area contributed by atoms with Crippen LogP contribution >= 0.6 is 0 Å². The van der Waals surface area contributed by atoms with Crippen LogP contribution in [-0.4, -0.2) is 28.9 Å². The Morgan fingerprint density at radius 1 is 1.00 bits per heavy atom. The van der Waals surface area contributed by atoms with E-state index < -0.39 is 0 Å².